The Morgan fingerprint density at radius 1 is 1.15 bits per heavy atom. The zero-order valence-corrected chi connectivity index (χ0v) is 22.3. The number of amides is 1. The van der Waals surface area contributed by atoms with E-state index in [4.69, 9.17) is 9.57 Å². The van der Waals surface area contributed by atoms with E-state index in [1.807, 2.05) is 6.92 Å². The summed E-state index contributed by atoms with van der Waals surface area (Å²) < 4.78 is 52.0. The third kappa shape index (κ3) is 6.83. The number of aromatic nitrogens is 4. The van der Waals surface area contributed by atoms with E-state index in [0.717, 1.165) is 30.8 Å². The predicted molar refractivity (Wildman–Crippen MR) is 144 cm³/mol. The van der Waals surface area contributed by atoms with Crippen LogP contribution in [0.4, 0.5) is 13.2 Å². The average Bonchev–Trinajstić information content (AvgIpc) is 3.73. The largest absolute Gasteiger partial charge is 0.390 e. The van der Waals surface area contributed by atoms with Gasteiger partial charge in [0.1, 0.15) is 42.1 Å². The fraction of sp³-hybridized carbons (Fsp3) is 0.310. The molecule has 1 aliphatic heterocycles. The maximum atomic E-state index is 15.0. The first kappa shape index (κ1) is 28.1. The van der Waals surface area contributed by atoms with Gasteiger partial charge in [-0.15, -0.1) is 0 Å². The number of aryl methyl sites for hydroxylation is 1. The molecular formula is C29H29F3N6O3. The van der Waals surface area contributed by atoms with Crippen molar-refractivity contribution in [2.75, 3.05) is 13.2 Å². The van der Waals surface area contributed by atoms with Crippen LogP contribution in [-0.4, -0.2) is 50.0 Å². The number of carbonyl (C=O) groups is 1. The van der Waals surface area contributed by atoms with Crippen molar-refractivity contribution in [3.63, 3.8) is 0 Å². The van der Waals surface area contributed by atoms with Gasteiger partial charge in [-0.25, -0.2) is 23.1 Å². The number of hydrogen-bond acceptors (Lipinski definition) is 6. The molecule has 214 valence electrons. The Bertz CT molecular complexity index is 1520. The molecule has 0 aliphatic carbocycles. The standard InChI is InChI=1S/C29H29F3N6O3/c1-2-3-28-34-9-11-38(28)26-7-4-19(12-24(26)32)25-14-21(41-36-25)15-35-29(39)17-40-27(16-37-10-8-33-18-37)22-6-5-20(30)13-23(22)31/h4-13,18,21,27H,2-3,14-17H2,1H3,(H,35,39). The van der Waals surface area contributed by atoms with Crippen molar-refractivity contribution in [3.8, 4) is 5.69 Å². The van der Waals surface area contributed by atoms with Crippen molar-refractivity contribution in [3.05, 3.63) is 102 Å². The second kappa shape index (κ2) is 12.8. The maximum absolute atomic E-state index is 15.0. The lowest BCUT2D eigenvalue weighted by atomic mass is 10.0. The van der Waals surface area contributed by atoms with Crippen LogP contribution in [0.25, 0.3) is 5.69 Å². The molecule has 1 N–H and O–H groups in total. The van der Waals surface area contributed by atoms with Gasteiger partial charge in [0, 0.05) is 54.8 Å². The van der Waals surface area contributed by atoms with Crippen molar-refractivity contribution in [2.45, 2.75) is 44.9 Å². The van der Waals surface area contributed by atoms with Crippen molar-refractivity contribution in [1.82, 2.24) is 24.4 Å². The summed E-state index contributed by atoms with van der Waals surface area (Å²) in [6, 6.07) is 8.08. The Kier molecular flexibility index (Phi) is 8.78. The molecular weight excluding hydrogens is 537 g/mol. The second-order valence-electron chi connectivity index (χ2n) is 9.63. The molecule has 0 bridgehead atoms. The molecule has 0 fully saturated rings. The Morgan fingerprint density at radius 2 is 2.02 bits per heavy atom. The zero-order chi connectivity index (χ0) is 28.8. The number of benzene rings is 2. The van der Waals surface area contributed by atoms with Crippen LogP contribution < -0.4 is 5.32 Å². The van der Waals surface area contributed by atoms with Crippen LogP contribution in [0.5, 0.6) is 0 Å². The molecule has 0 spiro atoms. The molecule has 9 nitrogen and oxygen atoms in total. The normalized spacial score (nSPS) is 15.4. The summed E-state index contributed by atoms with van der Waals surface area (Å²) in [4.78, 5) is 26.3. The summed E-state index contributed by atoms with van der Waals surface area (Å²) in [5, 5.41) is 6.81. The number of carbonyl (C=O) groups excluding carboxylic acids is 1. The van der Waals surface area contributed by atoms with E-state index >= 15 is 4.39 Å². The number of oxime groups is 1. The quantitative estimate of drug-likeness (QED) is 0.272. The SMILES string of the molecule is CCCc1nccn1-c1ccc(C2=NOC(CNC(=O)COC(Cn3ccnc3)c3ccc(F)cc3F)C2)cc1F. The molecule has 2 aromatic heterocycles. The van der Waals surface area contributed by atoms with Gasteiger partial charge < -0.3 is 24.0 Å². The molecule has 0 saturated heterocycles. The van der Waals surface area contributed by atoms with E-state index in [-0.39, 0.29) is 25.3 Å². The van der Waals surface area contributed by atoms with Gasteiger partial charge >= 0.3 is 0 Å². The van der Waals surface area contributed by atoms with Crippen LogP contribution in [0.1, 0.15) is 42.8 Å². The maximum Gasteiger partial charge on any atom is 0.246 e. The molecule has 1 aliphatic rings. The molecule has 12 heteroatoms. The van der Waals surface area contributed by atoms with E-state index < -0.39 is 35.6 Å². The third-order valence-electron chi connectivity index (χ3n) is 6.65. The highest BCUT2D eigenvalue weighted by molar-refractivity contribution is 6.01. The summed E-state index contributed by atoms with van der Waals surface area (Å²) in [6.07, 6.45) is 8.86. The Balaban J connectivity index is 1.14. The molecule has 2 unspecified atom stereocenters. The van der Waals surface area contributed by atoms with Crippen LogP contribution >= 0.6 is 0 Å². The Morgan fingerprint density at radius 3 is 2.78 bits per heavy atom. The molecule has 5 rings (SSSR count). The van der Waals surface area contributed by atoms with E-state index in [1.54, 1.807) is 46.1 Å². The van der Waals surface area contributed by atoms with E-state index in [1.165, 1.54) is 18.5 Å². The van der Waals surface area contributed by atoms with Gasteiger partial charge in [0.15, 0.2) is 0 Å². The summed E-state index contributed by atoms with van der Waals surface area (Å²) in [5.41, 5.74) is 1.68. The highest BCUT2D eigenvalue weighted by Crippen LogP contribution is 2.24. The van der Waals surface area contributed by atoms with Crippen LogP contribution in [0.15, 0.2) is 72.7 Å². The zero-order valence-electron chi connectivity index (χ0n) is 22.3. The number of halogens is 3. The number of ether oxygens (including phenoxy) is 1. The first-order valence-corrected chi connectivity index (χ1v) is 13.3. The van der Waals surface area contributed by atoms with Crippen LogP contribution in [0, 0.1) is 17.5 Å². The summed E-state index contributed by atoms with van der Waals surface area (Å²) in [6.45, 7) is 1.99. The predicted octanol–water partition coefficient (Wildman–Crippen LogP) is 4.51. The first-order chi connectivity index (χ1) is 19.9. The Labute approximate surface area is 234 Å². The number of imidazole rings is 2. The molecule has 41 heavy (non-hydrogen) atoms. The van der Waals surface area contributed by atoms with Gasteiger partial charge in [0.2, 0.25) is 5.91 Å². The first-order valence-electron chi connectivity index (χ1n) is 13.3. The van der Waals surface area contributed by atoms with E-state index in [2.05, 4.69) is 20.4 Å². The molecule has 4 aromatic rings. The van der Waals surface area contributed by atoms with E-state index in [0.29, 0.717) is 23.4 Å². The number of nitrogens with one attached hydrogen (secondary N) is 1. The van der Waals surface area contributed by atoms with Crippen LogP contribution in [0.3, 0.4) is 0 Å². The lowest BCUT2D eigenvalue weighted by Gasteiger charge is -2.19. The Hall–Kier alpha value is -4.45. The van der Waals surface area contributed by atoms with E-state index in [9.17, 15) is 13.6 Å². The lowest BCUT2D eigenvalue weighted by molar-refractivity contribution is -0.128. The van der Waals surface area contributed by atoms with Crippen molar-refractivity contribution < 1.29 is 27.5 Å². The van der Waals surface area contributed by atoms with Gasteiger partial charge in [-0.3, -0.25) is 4.79 Å². The monoisotopic (exact) mass is 566 g/mol. The number of hydrogen-bond donors (Lipinski definition) is 1. The topological polar surface area (TPSA) is 95.6 Å². The average molecular weight is 567 g/mol. The minimum Gasteiger partial charge on any atom is -0.390 e. The highest BCUT2D eigenvalue weighted by Gasteiger charge is 2.25. The molecule has 2 atom stereocenters. The molecule has 2 aromatic carbocycles. The molecule has 1 amide bonds. The van der Waals surface area contributed by atoms with Crippen LogP contribution in [-0.2, 0) is 27.3 Å². The second-order valence-corrected chi connectivity index (χ2v) is 9.63. The lowest BCUT2D eigenvalue weighted by Crippen LogP contribution is -2.35. The summed E-state index contributed by atoms with van der Waals surface area (Å²) >= 11 is 0. The molecule has 3 heterocycles. The number of nitrogens with zero attached hydrogens (tertiary/aromatic N) is 5. The minimum atomic E-state index is -0.855. The van der Waals surface area contributed by atoms with Crippen molar-refractivity contribution >= 4 is 11.6 Å². The minimum absolute atomic E-state index is 0.123. The van der Waals surface area contributed by atoms with Gasteiger partial charge in [-0.05, 0) is 24.6 Å². The fourth-order valence-electron chi connectivity index (χ4n) is 4.60. The number of rotatable bonds is 12. The molecule has 0 radical (unpaired) electrons. The van der Waals surface area contributed by atoms with Crippen molar-refractivity contribution in [2.24, 2.45) is 5.16 Å². The van der Waals surface area contributed by atoms with Gasteiger partial charge in [-0.1, -0.05) is 24.2 Å². The summed E-state index contributed by atoms with van der Waals surface area (Å²) in [5.74, 6) is -1.54. The molecule has 0 saturated carbocycles. The highest BCUT2D eigenvalue weighted by atomic mass is 19.1. The van der Waals surface area contributed by atoms with Crippen molar-refractivity contribution in [1.29, 1.82) is 0 Å². The summed E-state index contributed by atoms with van der Waals surface area (Å²) in [7, 11) is 0. The van der Waals surface area contributed by atoms with Crippen LogP contribution in [0.2, 0.25) is 0 Å². The fourth-order valence-corrected chi connectivity index (χ4v) is 4.60. The van der Waals surface area contributed by atoms with Gasteiger partial charge in [0.25, 0.3) is 0 Å². The van der Waals surface area contributed by atoms with Gasteiger partial charge in [-0.2, -0.15) is 0 Å². The smallest absolute Gasteiger partial charge is 0.246 e. The third-order valence-corrected chi connectivity index (χ3v) is 6.65. The van der Waals surface area contributed by atoms with Gasteiger partial charge in [0.05, 0.1) is 30.8 Å².